The maximum atomic E-state index is 14.2. The number of benzene rings is 1. The third-order valence-electron chi connectivity index (χ3n) is 6.88. The molecule has 1 aromatic carbocycles. The monoisotopic (exact) mass is 540 g/mol. The van der Waals surface area contributed by atoms with Crippen molar-refractivity contribution in [2.45, 2.75) is 12.8 Å². The zero-order valence-electron chi connectivity index (χ0n) is 21.4. The van der Waals surface area contributed by atoms with E-state index >= 15 is 0 Å². The first-order chi connectivity index (χ1) is 18.3. The van der Waals surface area contributed by atoms with Crippen LogP contribution in [0.1, 0.15) is 12.5 Å². The van der Waals surface area contributed by atoms with Crippen LogP contribution in [0.25, 0.3) is 11.4 Å². The summed E-state index contributed by atoms with van der Waals surface area (Å²) in [5.41, 5.74) is 0.794. The fourth-order valence-electron chi connectivity index (χ4n) is 4.79. The highest BCUT2D eigenvalue weighted by Gasteiger charge is 2.32. The van der Waals surface area contributed by atoms with Crippen LogP contribution < -0.4 is 14.7 Å². The lowest BCUT2D eigenvalue weighted by Gasteiger charge is -2.37. The molecule has 0 amide bonds. The molecule has 0 unspecified atom stereocenters. The highest BCUT2D eigenvalue weighted by Crippen LogP contribution is 2.34. The Kier molecular flexibility index (Phi) is 7.71. The molecule has 2 aliphatic rings. The first-order valence-corrected chi connectivity index (χ1v) is 13.1. The first kappa shape index (κ1) is 26.2. The Morgan fingerprint density at radius 1 is 0.868 bits per heavy atom. The smallest absolute Gasteiger partial charge is 0.274 e. The van der Waals surface area contributed by atoms with E-state index in [0.717, 1.165) is 45.2 Å². The summed E-state index contributed by atoms with van der Waals surface area (Å²) < 4.78 is 28.4. The number of hydrogen-bond acceptors (Lipinski definition) is 8. The van der Waals surface area contributed by atoms with Gasteiger partial charge in [0.05, 0.1) is 5.56 Å². The fourth-order valence-corrected chi connectivity index (χ4v) is 4.91. The molecule has 5 rings (SSSR count). The van der Waals surface area contributed by atoms with Crippen LogP contribution in [-0.4, -0.2) is 83.7 Å². The number of pyridine rings is 1. The van der Waals surface area contributed by atoms with E-state index in [0.29, 0.717) is 54.7 Å². The van der Waals surface area contributed by atoms with Gasteiger partial charge in [-0.1, -0.05) is 17.7 Å². The van der Waals surface area contributed by atoms with Crippen molar-refractivity contribution in [2.75, 3.05) is 73.6 Å². The molecule has 0 saturated carbocycles. The Balaban J connectivity index is 1.39. The number of nitrogens with zero attached hydrogens (tertiary/aromatic N) is 8. The third-order valence-corrected chi connectivity index (χ3v) is 7.13. The molecule has 2 fully saturated rings. The number of anilines is 3. The van der Waals surface area contributed by atoms with Crippen molar-refractivity contribution in [3.05, 3.63) is 65.8 Å². The van der Waals surface area contributed by atoms with Crippen molar-refractivity contribution < 1.29 is 8.78 Å². The van der Waals surface area contributed by atoms with Gasteiger partial charge in [-0.25, -0.2) is 13.8 Å². The topological polar surface area (TPSA) is 64.5 Å². The number of hydrogen-bond donors (Lipinski definition) is 0. The van der Waals surface area contributed by atoms with Gasteiger partial charge in [0.2, 0.25) is 11.9 Å². The van der Waals surface area contributed by atoms with Crippen LogP contribution in [0, 0.1) is 0 Å². The maximum absolute atomic E-state index is 14.2. The van der Waals surface area contributed by atoms with E-state index in [2.05, 4.69) is 26.3 Å². The van der Waals surface area contributed by atoms with Gasteiger partial charge in [-0.3, -0.25) is 4.90 Å². The Morgan fingerprint density at radius 3 is 2.03 bits per heavy atom. The van der Waals surface area contributed by atoms with E-state index in [9.17, 15) is 8.78 Å². The molecule has 0 N–H and O–H groups in total. The summed E-state index contributed by atoms with van der Waals surface area (Å²) in [6, 6.07) is 10.4. The predicted molar refractivity (Wildman–Crippen MR) is 147 cm³/mol. The lowest BCUT2D eigenvalue weighted by Crippen LogP contribution is -2.49. The van der Waals surface area contributed by atoms with Crippen molar-refractivity contribution in [3.63, 3.8) is 0 Å². The highest BCUT2D eigenvalue weighted by atomic mass is 35.5. The average Bonchev–Trinajstić information content (AvgIpc) is 2.93. The number of rotatable bonds is 7. The summed E-state index contributed by atoms with van der Waals surface area (Å²) in [5, 5.41) is 0.643. The minimum absolute atomic E-state index is 0.0588. The van der Waals surface area contributed by atoms with Crippen molar-refractivity contribution >= 4 is 29.3 Å². The predicted octanol–water partition coefficient (Wildman–Crippen LogP) is 4.33. The molecule has 200 valence electrons. The average molecular weight is 541 g/mol. The third kappa shape index (κ3) is 5.86. The molecule has 2 aromatic heterocycles. The van der Waals surface area contributed by atoms with E-state index in [4.69, 9.17) is 26.6 Å². The number of halogens is 3. The van der Waals surface area contributed by atoms with Crippen molar-refractivity contribution in [1.82, 2.24) is 24.8 Å². The number of piperazine rings is 2. The molecule has 11 heteroatoms. The van der Waals surface area contributed by atoms with Gasteiger partial charge >= 0.3 is 0 Å². The lowest BCUT2D eigenvalue weighted by molar-refractivity contribution is 0.0176. The van der Waals surface area contributed by atoms with Crippen molar-refractivity contribution in [3.8, 4) is 11.4 Å². The molecule has 0 aliphatic carbocycles. The van der Waals surface area contributed by atoms with E-state index in [1.54, 1.807) is 12.3 Å². The molecule has 4 heterocycles. The summed E-state index contributed by atoms with van der Waals surface area (Å²) in [5.74, 6) is -0.841. The van der Waals surface area contributed by atoms with Gasteiger partial charge in [0.1, 0.15) is 5.82 Å². The van der Waals surface area contributed by atoms with Gasteiger partial charge in [-0.2, -0.15) is 15.0 Å². The Labute approximate surface area is 226 Å². The van der Waals surface area contributed by atoms with Crippen LogP contribution in [0.4, 0.5) is 26.5 Å². The second-order valence-electron chi connectivity index (χ2n) is 9.58. The van der Waals surface area contributed by atoms with E-state index < -0.39 is 5.92 Å². The molecule has 8 nitrogen and oxygen atoms in total. The van der Waals surface area contributed by atoms with Crippen LogP contribution in [0.2, 0.25) is 5.02 Å². The minimum atomic E-state index is -2.97. The molecule has 3 aromatic rings. The van der Waals surface area contributed by atoms with Crippen LogP contribution >= 0.6 is 11.6 Å². The summed E-state index contributed by atoms with van der Waals surface area (Å²) in [6.45, 7) is 11.2. The Morgan fingerprint density at radius 2 is 1.45 bits per heavy atom. The molecular formula is C27H31ClF2N8. The SMILES string of the molecule is C=CCN1CCN(c2nc(-c3ccc(Cl)cc3)nc(N3CCN(c4ncccc4C(C)(F)F)CC3)n2)CC1. The lowest BCUT2D eigenvalue weighted by atomic mass is 10.1. The van der Waals surface area contributed by atoms with Gasteiger partial charge in [-0.15, -0.1) is 6.58 Å². The van der Waals surface area contributed by atoms with Crippen LogP contribution in [0.15, 0.2) is 55.3 Å². The normalized spacial score (nSPS) is 17.1. The first-order valence-electron chi connectivity index (χ1n) is 12.8. The van der Waals surface area contributed by atoms with Crippen LogP contribution in [-0.2, 0) is 5.92 Å². The van der Waals surface area contributed by atoms with Crippen molar-refractivity contribution in [1.29, 1.82) is 0 Å². The molecule has 38 heavy (non-hydrogen) atoms. The van der Waals surface area contributed by atoms with Gasteiger partial charge in [0.15, 0.2) is 5.82 Å². The number of aromatic nitrogens is 4. The van der Waals surface area contributed by atoms with Crippen LogP contribution in [0.3, 0.4) is 0 Å². The fraction of sp³-hybridized carbons (Fsp3) is 0.407. The Hall–Kier alpha value is -3.37. The molecule has 2 saturated heterocycles. The number of alkyl halides is 2. The van der Waals surface area contributed by atoms with Crippen LogP contribution in [0.5, 0.6) is 0 Å². The van der Waals surface area contributed by atoms with Crippen molar-refractivity contribution in [2.24, 2.45) is 0 Å². The second-order valence-corrected chi connectivity index (χ2v) is 10.0. The summed E-state index contributed by atoms with van der Waals surface area (Å²) >= 11 is 6.11. The zero-order valence-corrected chi connectivity index (χ0v) is 22.2. The quantitative estimate of drug-likeness (QED) is 0.410. The minimum Gasteiger partial charge on any atom is -0.353 e. The van der Waals surface area contributed by atoms with E-state index in [1.807, 2.05) is 35.2 Å². The molecule has 0 spiro atoms. The molecular weight excluding hydrogens is 510 g/mol. The summed E-state index contributed by atoms with van der Waals surface area (Å²) in [6.07, 6.45) is 3.48. The summed E-state index contributed by atoms with van der Waals surface area (Å²) in [4.78, 5) is 27.3. The molecule has 2 aliphatic heterocycles. The van der Waals surface area contributed by atoms with Gasteiger partial charge in [0.25, 0.3) is 5.92 Å². The van der Waals surface area contributed by atoms with E-state index in [-0.39, 0.29) is 5.56 Å². The molecule has 0 radical (unpaired) electrons. The van der Waals surface area contributed by atoms with E-state index in [1.165, 1.54) is 6.07 Å². The highest BCUT2D eigenvalue weighted by molar-refractivity contribution is 6.30. The maximum Gasteiger partial charge on any atom is 0.274 e. The van der Waals surface area contributed by atoms with Gasteiger partial charge in [-0.05, 0) is 36.4 Å². The largest absolute Gasteiger partial charge is 0.353 e. The molecule has 0 bridgehead atoms. The summed E-state index contributed by atoms with van der Waals surface area (Å²) in [7, 11) is 0. The second kappa shape index (κ2) is 11.2. The van der Waals surface area contributed by atoms with Gasteiger partial charge in [0, 0.05) is 82.6 Å². The van der Waals surface area contributed by atoms with Gasteiger partial charge < -0.3 is 14.7 Å². The standard InChI is InChI=1S/C27H31ClF2N8/c1-3-11-35-12-14-37(15-13-35)25-32-23(20-6-8-21(28)9-7-20)33-26(34-25)38-18-16-36(17-19-38)24-22(27(2,29)30)5-4-10-31-24/h3-10H,1,11-19H2,2H3. The molecule has 0 atom stereocenters. The Bertz CT molecular complexity index is 1250. The zero-order chi connectivity index (χ0) is 26.7.